The summed E-state index contributed by atoms with van der Waals surface area (Å²) >= 11 is 0. The van der Waals surface area contributed by atoms with E-state index in [4.69, 9.17) is 9.47 Å². The third kappa shape index (κ3) is 4.63. The summed E-state index contributed by atoms with van der Waals surface area (Å²) in [4.78, 5) is 15.0. The quantitative estimate of drug-likeness (QED) is 0.407. The number of hydrogen-bond donors (Lipinski definition) is 2. The lowest BCUT2D eigenvalue weighted by Gasteiger charge is -2.20. The highest BCUT2D eigenvalue weighted by Crippen LogP contribution is 2.42. The maximum Gasteiger partial charge on any atom is 0.416 e. The largest absolute Gasteiger partial charge is 0.489 e. The van der Waals surface area contributed by atoms with Crippen molar-refractivity contribution in [2.24, 2.45) is 0 Å². The number of H-pyrrole nitrogens is 1. The Kier molecular flexibility index (Phi) is 6.25. The van der Waals surface area contributed by atoms with E-state index in [0.717, 1.165) is 47.8 Å². The number of carboxylic acid groups (broad SMARTS) is 1. The van der Waals surface area contributed by atoms with E-state index in [9.17, 15) is 23.1 Å². The monoisotopic (exact) mass is 487 g/mol. The van der Waals surface area contributed by atoms with E-state index < -0.39 is 17.7 Å². The Labute approximate surface area is 201 Å². The number of carboxylic acids is 1. The minimum absolute atomic E-state index is 0.0580. The first-order valence-electron chi connectivity index (χ1n) is 12.0. The number of halogens is 3. The van der Waals surface area contributed by atoms with Crippen LogP contribution in [0.5, 0.6) is 5.75 Å². The summed E-state index contributed by atoms with van der Waals surface area (Å²) in [6.45, 7) is 2.39. The summed E-state index contributed by atoms with van der Waals surface area (Å²) in [6.07, 6.45) is -0.708. The van der Waals surface area contributed by atoms with Gasteiger partial charge in [0.25, 0.3) is 0 Å². The van der Waals surface area contributed by atoms with E-state index >= 15 is 0 Å². The number of rotatable bonds is 6. The third-order valence-electron chi connectivity index (χ3n) is 7.23. The van der Waals surface area contributed by atoms with Crippen molar-refractivity contribution in [1.82, 2.24) is 4.98 Å². The average Bonchev–Trinajstić information content (AvgIpc) is 3.46. The second-order valence-electron chi connectivity index (χ2n) is 9.50. The predicted octanol–water partition coefficient (Wildman–Crippen LogP) is 6.68. The molecule has 0 radical (unpaired) electrons. The van der Waals surface area contributed by atoms with E-state index in [-0.39, 0.29) is 25.0 Å². The van der Waals surface area contributed by atoms with Gasteiger partial charge >= 0.3 is 12.1 Å². The first kappa shape index (κ1) is 23.7. The topological polar surface area (TPSA) is 71.5 Å². The molecule has 1 aliphatic carbocycles. The van der Waals surface area contributed by atoms with Gasteiger partial charge in [-0.2, -0.15) is 13.2 Å². The van der Waals surface area contributed by atoms with Crippen LogP contribution in [0.25, 0.3) is 10.9 Å². The van der Waals surface area contributed by atoms with Gasteiger partial charge in [-0.15, -0.1) is 0 Å². The van der Waals surface area contributed by atoms with Crippen molar-refractivity contribution in [1.29, 1.82) is 0 Å². The fourth-order valence-corrected chi connectivity index (χ4v) is 5.62. The molecule has 0 saturated heterocycles. The van der Waals surface area contributed by atoms with Crippen LogP contribution < -0.4 is 4.74 Å². The Morgan fingerprint density at radius 3 is 2.69 bits per heavy atom. The van der Waals surface area contributed by atoms with Crippen LogP contribution in [0.2, 0.25) is 0 Å². The molecular formula is C27H28F3NO4. The van der Waals surface area contributed by atoms with Crippen LogP contribution in [-0.4, -0.2) is 22.7 Å². The molecule has 8 heteroatoms. The van der Waals surface area contributed by atoms with Crippen LogP contribution >= 0.6 is 0 Å². The van der Waals surface area contributed by atoms with Crippen molar-refractivity contribution in [3.63, 3.8) is 0 Å². The smallest absolute Gasteiger partial charge is 0.416 e. The van der Waals surface area contributed by atoms with Gasteiger partial charge in [-0.25, -0.2) is 0 Å². The number of alkyl halides is 3. The Bertz CT molecular complexity index is 1260. The van der Waals surface area contributed by atoms with Gasteiger partial charge in [0.15, 0.2) is 0 Å². The van der Waals surface area contributed by atoms with E-state index in [0.29, 0.717) is 35.5 Å². The average molecular weight is 488 g/mol. The molecule has 5 rings (SSSR count). The van der Waals surface area contributed by atoms with Crippen molar-refractivity contribution < 1.29 is 32.5 Å². The highest BCUT2D eigenvalue weighted by Gasteiger charge is 2.36. The lowest BCUT2D eigenvalue weighted by Crippen LogP contribution is -2.13. The minimum atomic E-state index is -4.44. The summed E-state index contributed by atoms with van der Waals surface area (Å²) in [5.41, 5.74) is 3.44. The highest BCUT2D eigenvalue weighted by atomic mass is 19.4. The molecule has 3 aromatic rings. The lowest BCUT2D eigenvalue weighted by molar-refractivity contribution is -0.138. The van der Waals surface area contributed by atoms with Crippen molar-refractivity contribution in [3.05, 3.63) is 63.8 Å². The fourth-order valence-electron chi connectivity index (χ4n) is 5.62. The molecule has 0 spiro atoms. The van der Waals surface area contributed by atoms with Crippen molar-refractivity contribution in [2.45, 2.75) is 70.3 Å². The van der Waals surface area contributed by atoms with Crippen LogP contribution in [-0.2, 0) is 35.2 Å². The normalized spacial score (nSPS) is 18.7. The van der Waals surface area contributed by atoms with E-state index in [1.54, 1.807) is 18.2 Å². The zero-order valence-corrected chi connectivity index (χ0v) is 19.5. The van der Waals surface area contributed by atoms with Crippen LogP contribution in [0.1, 0.15) is 78.1 Å². The number of fused-ring (bicyclic) bond motifs is 3. The Balaban J connectivity index is 1.48. The molecule has 2 aliphatic rings. The molecule has 1 unspecified atom stereocenters. The number of ether oxygens (including phenoxy) is 2. The van der Waals surface area contributed by atoms with Crippen LogP contribution in [0.4, 0.5) is 13.2 Å². The second-order valence-corrected chi connectivity index (χ2v) is 9.50. The van der Waals surface area contributed by atoms with Gasteiger partial charge in [0.2, 0.25) is 0 Å². The van der Waals surface area contributed by atoms with Gasteiger partial charge in [-0.3, -0.25) is 4.79 Å². The van der Waals surface area contributed by atoms with Crippen molar-refractivity contribution in [2.75, 3.05) is 6.61 Å². The molecule has 2 aromatic carbocycles. The first-order valence-corrected chi connectivity index (χ1v) is 12.0. The number of aromatic nitrogens is 1. The molecule has 2 N–H and O–H groups in total. The molecule has 1 atom stereocenters. The number of benzene rings is 2. The Morgan fingerprint density at radius 2 is 1.97 bits per heavy atom. The van der Waals surface area contributed by atoms with E-state index in [1.165, 1.54) is 6.07 Å². The van der Waals surface area contributed by atoms with Gasteiger partial charge in [0.1, 0.15) is 12.4 Å². The molecule has 2 heterocycles. The number of aromatic amines is 1. The zero-order chi connectivity index (χ0) is 24.7. The lowest BCUT2D eigenvalue weighted by atomic mass is 9.91. The molecule has 0 amide bonds. The fraction of sp³-hybridized carbons (Fsp3) is 0.444. The zero-order valence-electron chi connectivity index (χ0n) is 19.5. The summed E-state index contributed by atoms with van der Waals surface area (Å²) in [6, 6.07) is 7.97. The molecule has 1 fully saturated rings. The first-order chi connectivity index (χ1) is 16.7. The Morgan fingerprint density at radius 1 is 1.20 bits per heavy atom. The van der Waals surface area contributed by atoms with Gasteiger partial charge in [-0.05, 0) is 67.0 Å². The minimum Gasteiger partial charge on any atom is -0.489 e. The SMILES string of the molecule is CC1OCCc2c1[nH]c1ccc(OCc3ccc(C4CCCC4)c(C(F)(F)F)c3)c(CC(=O)O)c21. The molecular weight excluding hydrogens is 459 g/mol. The molecule has 0 bridgehead atoms. The van der Waals surface area contributed by atoms with Gasteiger partial charge in [0.05, 0.1) is 24.7 Å². The maximum absolute atomic E-state index is 13.9. The maximum atomic E-state index is 13.9. The predicted molar refractivity (Wildman–Crippen MR) is 125 cm³/mol. The number of carbonyl (C=O) groups is 1. The number of hydrogen-bond acceptors (Lipinski definition) is 3. The molecule has 1 aliphatic heterocycles. The van der Waals surface area contributed by atoms with Gasteiger partial charge in [0, 0.05) is 22.2 Å². The second kappa shape index (κ2) is 9.22. The molecule has 1 saturated carbocycles. The summed E-state index contributed by atoms with van der Waals surface area (Å²) < 4.78 is 53.3. The van der Waals surface area contributed by atoms with E-state index in [2.05, 4.69) is 4.98 Å². The van der Waals surface area contributed by atoms with E-state index in [1.807, 2.05) is 13.0 Å². The summed E-state index contributed by atoms with van der Waals surface area (Å²) in [7, 11) is 0. The molecule has 35 heavy (non-hydrogen) atoms. The summed E-state index contributed by atoms with van der Waals surface area (Å²) in [5.74, 6) is -0.690. The molecule has 186 valence electrons. The standard InChI is InChI=1S/C27H28F3NO4/c1-15-26-19(10-11-34-15)25-20(13-24(32)33)23(9-8-22(25)31-26)35-14-16-6-7-18(17-4-2-3-5-17)21(12-16)27(28,29)30/h6-9,12,15,17,31H,2-5,10-11,13-14H2,1H3,(H,32,33). The molecule has 1 aromatic heterocycles. The number of aliphatic carboxylic acids is 1. The third-order valence-corrected chi connectivity index (χ3v) is 7.23. The van der Waals surface area contributed by atoms with Crippen molar-refractivity contribution >= 4 is 16.9 Å². The van der Waals surface area contributed by atoms with Crippen LogP contribution in [0, 0.1) is 0 Å². The van der Waals surface area contributed by atoms with Crippen LogP contribution in [0.3, 0.4) is 0 Å². The van der Waals surface area contributed by atoms with Crippen LogP contribution in [0.15, 0.2) is 30.3 Å². The molecule has 5 nitrogen and oxygen atoms in total. The Hall–Kier alpha value is -3.00. The van der Waals surface area contributed by atoms with Crippen molar-refractivity contribution in [3.8, 4) is 5.75 Å². The number of nitrogens with one attached hydrogen (secondary N) is 1. The summed E-state index contributed by atoms with van der Waals surface area (Å²) in [5, 5.41) is 10.4. The van der Waals surface area contributed by atoms with Gasteiger partial charge in [-0.1, -0.05) is 25.0 Å². The highest BCUT2D eigenvalue weighted by molar-refractivity contribution is 5.93. The van der Waals surface area contributed by atoms with Gasteiger partial charge < -0.3 is 19.6 Å².